The molecule has 4 amide bonds. The second-order valence-corrected chi connectivity index (χ2v) is 6.46. The Kier molecular flexibility index (Phi) is 5.21. The Hall–Kier alpha value is -2.57. The van der Waals surface area contributed by atoms with Crippen LogP contribution in [-0.4, -0.2) is 60.4 Å². The van der Waals surface area contributed by atoms with Gasteiger partial charge in [-0.2, -0.15) is 0 Å². The number of hydrogen-bond donors (Lipinski definition) is 1. The molecule has 2 aliphatic rings. The molecule has 0 unspecified atom stereocenters. The van der Waals surface area contributed by atoms with Crippen molar-refractivity contribution >= 4 is 17.8 Å². The third-order valence-electron chi connectivity index (χ3n) is 4.80. The molecule has 1 aromatic carbocycles. The van der Waals surface area contributed by atoms with Gasteiger partial charge in [-0.1, -0.05) is 12.1 Å². The quantitative estimate of drug-likeness (QED) is 0.869. The Bertz CT molecular complexity index is 659. The molecule has 0 aromatic heterocycles. The lowest BCUT2D eigenvalue weighted by Crippen LogP contribution is -2.53. The molecule has 1 aromatic rings. The predicted octanol–water partition coefficient (Wildman–Crippen LogP) is 1.17. The Morgan fingerprint density at radius 1 is 1.24 bits per heavy atom. The van der Waals surface area contributed by atoms with Crippen LogP contribution in [0.4, 0.5) is 4.79 Å². The van der Waals surface area contributed by atoms with E-state index >= 15 is 0 Å². The number of methoxy groups -OCH3 is 1. The second-order valence-electron chi connectivity index (χ2n) is 6.46. The Balaban J connectivity index is 1.59. The monoisotopic (exact) mass is 345 g/mol. The van der Waals surface area contributed by atoms with Crippen molar-refractivity contribution in [3.05, 3.63) is 29.8 Å². The van der Waals surface area contributed by atoms with Crippen molar-refractivity contribution in [1.82, 2.24) is 15.1 Å². The molecule has 7 heteroatoms. The first-order valence-electron chi connectivity index (χ1n) is 8.58. The van der Waals surface area contributed by atoms with E-state index in [1.54, 1.807) is 7.11 Å². The maximum Gasteiger partial charge on any atom is 0.324 e. The van der Waals surface area contributed by atoms with Gasteiger partial charge in [0.1, 0.15) is 12.3 Å². The zero-order valence-corrected chi connectivity index (χ0v) is 14.4. The van der Waals surface area contributed by atoms with Crippen LogP contribution >= 0.6 is 0 Å². The van der Waals surface area contributed by atoms with E-state index in [9.17, 15) is 14.4 Å². The summed E-state index contributed by atoms with van der Waals surface area (Å²) in [4.78, 5) is 38.9. The van der Waals surface area contributed by atoms with Crippen molar-refractivity contribution in [3.63, 3.8) is 0 Å². The van der Waals surface area contributed by atoms with Crippen molar-refractivity contribution in [3.8, 4) is 5.75 Å². The van der Waals surface area contributed by atoms with Crippen LogP contribution in [0.1, 0.15) is 24.8 Å². The summed E-state index contributed by atoms with van der Waals surface area (Å²) in [6.07, 6.45) is 2.97. The van der Waals surface area contributed by atoms with Crippen LogP contribution in [0.5, 0.6) is 5.75 Å². The van der Waals surface area contributed by atoms with Gasteiger partial charge in [-0.15, -0.1) is 0 Å². The first-order valence-corrected chi connectivity index (χ1v) is 8.58. The van der Waals surface area contributed by atoms with Gasteiger partial charge in [0, 0.05) is 25.6 Å². The number of amides is 4. The number of benzene rings is 1. The second kappa shape index (κ2) is 7.55. The fourth-order valence-electron chi connectivity index (χ4n) is 3.41. The minimum Gasteiger partial charge on any atom is -0.497 e. The SMILES string of the molecule is COc1ccc(C[C@H]2CCCN2C(=O)CN2CCC(=O)NC2=O)cc1. The summed E-state index contributed by atoms with van der Waals surface area (Å²) in [6.45, 7) is 1.04. The molecule has 2 aliphatic heterocycles. The minimum atomic E-state index is -0.476. The highest BCUT2D eigenvalue weighted by atomic mass is 16.5. The molecule has 1 N–H and O–H groups in total. The van der Waals surface area contributed by atoms with Gasteiger partial charge in [0.2, 0.25) is 11.8 Å². The molecular formula is C18H23N3O4. The van der Waals surface area contributed by atoms with E-state index in [2.05, 4.69) is 5.32 Å². The topological polar surface area (TPSA) is 79.0 Å². The van der Waals surface area contributed by atoms with Crippen molar-refractivity contribution in [2.24, 2.45) is 0 Å². The molecule has 0 spiro atoms. The number of nitrogens with one attached hydrogen (secondary N) is 1. The molecule has 2 fully saturated rings. The summed E-state index contributed by atoms with van der Waals surface area (Å²) in [6, 6.07) is 7.55. The molecule has 0 saturated carbocycles. The fraction of sp³-hybridized carbons (Fsp3) is 0.500. The average Bonchev–Trinajstić information content (AvgIpc) is 3.06. The van der Waals surface area contributed by atoms with E-state index in [1.807, 2.05) is 29.2 Å². The van der Waals surface area contributed by atoms with Gasteiger partial charge in [-0.05, 0) is 37.0 Å². The smallest absolute Gasteiger partial charge is 0.324 e. The highest BCUT2D eigenvalue weighted by Gasteiger charge is 2.32. The number of carbonyl (C=O) groups excluding carboxylic acids is 3. The normalized spacial score (nSPS) is 20.6. The molecule has 134 valence electrons. The molecule has 0 radical (unpaired) electrons. The molecule has 1 atom stereocenters. The van der Waals surface area contributed by atoms with Gasteiger partial charge < -0.3 is 14.5 Å². The number of ether oxygens (including phenoxy) is 1. The van der Waals surface area contributed by atoms with E-state index in [0.29, 0.717) is 13.1 Å². The summed E-state index contributed by atoms with van der Waals surface area (Å²) in [5.41, 5.74) is 1.16. The van der Waals surface area contributed by atoms with E-state index < -0.39 is 6.03 Å². The summed E-state index contributed by atoms with van der Waals surface area (Å²) in [5.74, 6) is 0.474. The molecule has 0 aliphatic carbocycles. The number of hydrogen-bond acceptors (Lipinski definition) is 4. The molecule has 25 heavy (non-hydrogen) atoms. The lowest BCUT2D eigenvalue weighted by Gasteiger charge is -2.30. The van der Waals surface area contributed by atoms with Crippen molar-refractivity contribution in [2.45, 2.75) is 31.7 Å². The number of carbonyl (C=O) groups is 3. The summed E-state index contributed by atoms with van der Waals surface area (Å²) < 4.78 is 5.17. The maximum atomic E-state index is 12.6. The Morgan fingerprint density at radius 2 is 2.00 bits per heavy atom. The van der Waals surface area contributed by atoms with Crippen LogP contribution in [0.15, 0.2) is 24.3 Å². The lowest BCUT2D eigenvalue weighted by atomic mass is 10.0. The summed E-state index contributed by atoms with van der Waals surface area (Å²) in [7, 11) is 1.64. The third-order valence-corrected chi connectivity index (χ3v) is 4.80. The molecule has 3 rings (SSSR count). The van der Waals surface area contributed by atoms with Gasteiger partial charge in [0.05, 0.1) is 7.11 Å². The average molecular weight is 345 g/mol. The number of rotatable bonds is 5. The maximum absolute atomic E-state index is 12.6. The van der Waals surface area contributed by atoms with Crippen molar-refractivity contribution < 1.29 is 19.1 Å². The van der Waals surface area contributed by atoms with Crippen molar-refractivity contribution in [2.75, 3.05) is 26.7 Å². The van der Waals surface area contributed by atoms with Crippen LogP contribution in [0.2, 0.25) is 0 Å². The summed E-state index contributed by atoms with van der Waals surface area (Å²) >= 11 is 0. The number of imide groups is 1. The number of urea groups is 1. The number of likely N-dealkylation sites (tertiary alicyclic amines) is 1. The molecule has 7 nitrogen and oxygen atoms in total. The zero-order chi connectivity index (χ0) is 17.8. The van der Waals surface area contributed by atoms with Crippen LogP contribution in [0.25, 0.3) is 0 Å². The van der Waals surface area contributed by atoms with Crippen LogP contribution < -0.4 is 10.1 Å². The fourth-order valence-corrected chi connectivity index (χ4v) is 3.41. The first kappa shape index (κ1) is 17.3. The van der Waals surface area contributed by atoms with Crippen LogP contribution in [0.3, 0.4) is 0 Å². The zero-order valence-electron chi connectivity index (χ0n) is 14.4. The third kappa shape index (κ3) is 4.10. The highest BCUT2D eigenvalue weighted by Crippen LogP contribution is 2.23. The van der Waals surface area contributed by atoms with E-state index in [0.717, 1.165) is 30.6 Å². The van der Waals surface area contributed by atoms with Gasteiger partial charge in [-0.3, -0.25) is 14.9 Å². The lowest BCUT2D eigenvalue weighted by molar-refractivity contribution is -0.133. The predicted molar refractivity (Wildman–Crippen MR) is 91.2 cm³/mol. The minimum absolute atomic E-state index is 0.0260. The first-order chi connectivity index (χ1) is 12.1. The largest absolute Gasteiger partial charge is 0.497 e. The molecular weight excluding hydrogens is 322 g/mol. The molecule has 2 saturated heterocycles. The molecule has 0 bridgehead atoms. The van der Waals surface area contributed by atoms with E-state index in [4.69, 9.17) is 4.74 Å². The highest BCUT2D eigenvalue weighted by molar-refractivity contribution is 5.98. The number of nitrogens with zero attached hydrogens (tertiary/aromatic N) is 2. The van der Waals surface area contributed by atoms with E-state index in [1.165, 1.54) is 4.90 Å². The Morgan fingerprint density at radius 3 is 2.68 bits per heavy atom. The summed E-state index contributed by atoms with van der Waals surface area (Å²) in [5, 5.41) is 2.25. The van der Waals surface area contributed by atoms with Gasteiger partial charge in [0.15, 0.2) is 0 Å². The van der Waals surface area contributed by atoms with Gasteiger partial charge in [0.25, 0.3) is 0 Å². The van der Waals surface area contributed by atoms with Crippen molar-refractivity contribution in [1.29, 1.82) is 0 Å². The van der Waals surface area contributed by atoms with Crippen LogP contribution in [0, 0.1) is 0 Å². The van der Waals surface area contributed by atoms with Crippen LogP contribution in [-0.2, 0) is 16.0 Å². The standard InChI is InChI=1S/C18H23N3O4/c1-25-15-6-4-13(5-7-15)11-14-3-2-9-21(14)17(23)12-20-10-8-16(22)19-18(20)24/h4-7,14H,2-3,8-12H2,1H3,(H,19,22,24)/t14-/m1/s1. The van der Waals surface area contributed by atoms with E-state index in [-0.39, 0.29) is 30.8 Å². The Labute approximate surface area is 146 Å². The van der Waals surface area contributed by atoms with Gasteiger partial charge in [-0.25, -0.2) is 4.79 Å². The molecule has 2 heterocycles. The van der Waals surface area contributed by atoms with Gasteiger partial charge >= 0.3 is 6.03 Å².